The number of aromatic nitrogens is 1. The Morgan fingerprint density at radius 2 is 1.75 bits per heavy atom. The Balaban J connectivity index is 1.44. The fourth-order valence-electron chi connectivity index (χ4n) is 2.97. The highest BCUT2D eigenvalue weighted by atomic mass is 32.2. The van der Waals surface area contributed by atoms with Crippen molar-refractivity contribution in [2.75, 3.05) is 12.4 Å². The van der Waals surface area contributed by atoms with E-state index in [2.05, 4.69) is 37.9 Å². The fraction of sp³-hybridized carbons (Fsp3) is 0.348. The number of hydrogen-bond donors (Lipinski definition) is 1. The summed E-state index contributed by atoms with van der Waals surface area (Å²) in [4.78, 5) is 15.0. The number of ether oxygens (including phenoxy) is 1. The smallest absolute Gasteiger partial charge is 0.248 e. The zero-order valence-electron chi connectivity index (χ0n) is 16.7. The maximum absolute atomic E-state index is 12.5. The van der Waals surface area contributed by atoms with E-state index in [1.807, 2.05) is 30.3 Å². The van der Waals surface area contributed by atoms with Crippen molar-refractivity contribution in [1.29, 1.82) is 0 Å². The standard InChI is InChI=1S/C23H27NO3S/c1-23(2,3)18-7-10-20(11-8-18)28(26)15-5-4-14-27-19-9-12-21-17(16-19)6-13-22(25)24-21/h6-13,16H,4-5,14-15H2,1-3H3,(H,24,25). The molecule has 0 aliphatic heterocycles. The largest absolute Gasteiger partial charge is 0.611 e. The van der Waals surface area contributed by atoms with Gasteiger partial charge >= 0.3 is 0 Å². The molecule has 1 heterocycles. The van der Waals surface area contributed by atoms with Crippen molar-refractivity contribution in [2.45, 2.75) is 43.9 Å². The quantitative estimate of drug-likeness (QED) is 0.460. The first-order chi connectivity index (χ1) is 13.3. The number of benzene rings is 2. The summed E-state index contributed by atoms with van der Waals surface area (Å²) >= 11 is -0.977. The van der Waals surface area contributed by atoms with Gasteiger partial charge in [0.05, 0.1) is 6.61 Å². The highest BCUT2D eigenvalue weighted by Gasteiger charge is 2.16. The van der Waals surface area contributed by atoms with Crippen LogP contribution in [0.5, 0.6) is 5.75 Å². The van der Waals surface area contributed by atoms with Crippen LogP contribution >= 0.6 is 0 Å². The monoisotopic (exact) mass is 397 g/mol. The van der Waals surface area contributed by atoms with Gasteiger partial charge < -0.3 is 14.3 Å². The Morgan fingerprint density at radius 3 is 2.46 bits per heavy atom. The van der Waals surface area contributed by atoms with Crippen molar-refractivity contribution < 1.29 is 9.29 Å². The molecule has 2 aromatic carbocycles. The molecule has 0 saturated carbocycles. The van der Waals surface area contributed by atoms with E-state index < -0.39 is 11.2 Å². The minimum atomic E-state index is -0.977. The SMILES string of the molecule is CC(C)(C)c1ccc([S+]([O-])CCCCOc2ccc3[nH]c(=O)ccc3c2)cc1. The molecule has 0 saturated heterocycles. The lowest BCUT2D eigenvalue weighted by molar-refractivity contribution is 0.310. The average Bonchev–Trinajstić information content (AvgIpc) is 2.67. The van der Waals surface area contributed by atoms with Gasteiger partial charge in [0.1, 0.15) is 11.5 Å². The molecule has 0 bridgehead atoms. The second-order valence-corrected chi connectivity index (χ2v) is 9.52. The second kappa shape index (κ2) is 8.84. The molecule has 1 atom stereocenters. The highest BCUT2D eigenvalue weighted by Crippen LogP contribution is 2.24. The number of unbranched alkanes of at least 4 members (excludes halogenated alkanes) is 1. The van der Waals surface area contributed by atoms with E-state index in [-0.39, 0.29) is 11.0 Å². The molecule has 0 spiro atoms. The van der Waals surface area contributed by atoms with E-state index in [1.54, 1.807) is 6.07 Å². The summed E-state index contributed by atoms with van der Waals surface area (Å²) in [7, 11) is 0. The zero-order chi connectivity index (χ0) is 20.1. The maximum Gasteiger partial charge on any atom is 0.248 e. The van der Waals surface area contributed by atoms with Crippen molar-refractivity contribution >= 4 is 22.1 Å². The van der Waals surface area contributed by atoms with Gasteiger partial charge in [-0.15, -0.1) is 0 Å². The van der Waals surface area contributed by atoms with Crippen molar-refractivity contribution in [3.63, 3.8) is 0 Å². The van der Waals surface area contributed by atoms with Crippen LogP contribution in [0.3, 0.4) is 0 Å². The van der Waals surface area contributed by atoms with Crippen molar-refractivity contribution in [2.24, 2.45) is 0 Å². The summed E-state index contributed by atoms with van der Waals surface area (Å²) in [5.74, 6) is 1.41. The molecule has 0 radical (unpaired) electrons. The minimum absolute atomic E-state index is 0.107. The number of fused-ring (bicyclic) bond motifs is 1. The van der Waals surface area contributed by atoms with Gasteiger partial charge in [0, 0.05) is 17.0 Å². The van der Waals surface area contributed by atoms with Gasteiger partial charge in [-0.05, 0) is 71.4 Å². The summed E-state index contributed by atoms with van der Waals surface area (Å²) in [6.07, 6.45) is 1.68. The van der Waals surface area contributed by atoms with Crippen LogP contribution in [0.2, 0.25) is 0 Å². The van der Waals surface area contributed by atoms with E-state index in [4.69, 9.17) is 4.74 Å². The third kappa shape index (κ3) is 5.40. The van der Waals surface area contributed by atoms with E-state index in [9.17, 15) is 9.35 Å². The Bertz CT molecular complexity index is 974. The summed E-state index contributed by atoms with van der Waals surface area (Å²) in [6, 6.07) is 17.0. The molecule has 3 aromatic rings. The summed E-state index contributed by atoms with van der Waals surface area (Å²) in [6.45, 7) is 7.10. The zero-order valence-corrected chi connectivity index (χ0v) is 17.5. The van der Waals surface area contributed by atoms with Gasteiger partial charge in [-0.2, -0.15) is 0 Å². The molecule has 0 fully saturated rings. The molecular weight excluding hydrogens is 370 g/mol. The first-order valence-corrected chi connectivity index (χ1v) is 10.9. The van der Waals surface area contributed by atoms with Crippen LogP contribution in [-0.4, -0.2) is 21.9 Å². The fourth-order valence-corrected chi connectivity index (χ4v) is 4.11. The molecule has 148 valence electrons. The number of pyridine rings is 1. The predicted octanol–water partition coefficient (Wildman–Crippen LogP) is 4.79. The van der Waals surface area contributed by atoms with Crippen LogP contribution in [0.25, 0.3) is 10.9 Å². The minimum Gasteiger partial charge on any atom is -0.611 e. The molecule has 0 aliphatic rings. The highest BCUT2D eigenvalue weighted by molar-refractivity contribution is 7.91. The lowest BCUT2D eigenvalue weighted by Crippen LogP contribution is -2.12. The van der Waals surface area contributed by atoms with Crippen LogP contribution in [0, 0.1) is 0 Å². The predicted molar refractivity (Wildman–Crippen MR) is 116 cm³/mol. The summed E-state index contributed by atoms with van der Waals surface area (Å²) in [5, 5.41) is 0.942. The number of rotatable bonds is 7. The third-order valence-electron chi connectivity index (χ3n) is 4.67. The van der Waals surface area contributed by atoms with Gasteiger partial charge in [0.25, 0.3) is 0 Å². The molecule has 28 heavy (non-hydrogen) atoms. The molecule has 4 nitrogen and oxygen atoms in total. The van der Waals surface area contributed by atoms with E-state index in [0.29, 0.717) is 12.4 Å². The third-order valence-corrected chi connectivity index (χ3v) is 6.13. The Morgan fingerprint density at radius 1 is 1.00 bits per heavy atom. The average molecular weight is 398 g/mol. The van der Waals surface area contributed by atoms with E-state index in [0.717, 1.165) is 34.4 Å². The van der Waals surface area contributed by atoms with Crippen molar-refractivity contribution in [3.8, 4) is 5.75 Å². The molecule has 3 rings (SSSR count). The number of nitrogens with one attached hydrogen (secondary N) is 1. The first-order valence-electron chi connectivity index (χ1n) is 9.58. The number of H-pyrrole nitrogens is 1. The molecule has 0 aliphatic carbocycles. The van der Waals surface area contributed by atoms with E-state index in [1.165, 1.54) is 11.6 Å². The summed E-state index contributed by atoms with van der Waals surface area (Å²) in [5.41, 5.74) is 2.05. The Kier molecular flexibility index (Phi) is 6.47. The molecule has 5 heteroatoms. The van der Waals surface area contributed by atoms with E-state index >= 15 is 0 Å². The molecule has 1 N–H and O–H groups in total. The number of aromatic amines is 1. The first kappa shape index (κ1) is 20.5. The van der Waals surface area contributed by atoms with Crippen molar-refractivity contribution in [3.05, 3.63) is 70.5 Å². The topological polar surface area (TPSA) is 65.2 Å². The second-order valence-electron chi connectivity index (χ2n) is 7.95. The van der Waals surface area contributed by atoms with Crippen LogP contribution in [0.1, 0.15) is 39.2 Å². The lowest BCUT2D eigenvalue weighted by Gasteiger charge is -2.19. The Hall–Kier alpha value is -2.24. The van der Waals surface area contributed by atoms with Gasteiger partial charge in [-0.1, -0.05) is 32.9 Å². The van der Waals surface area contributed by atoms with Crippen molar-refractivity contribution in [1.82, 2.24) is 4.98 Å². The normalized spacial score (nSPS) is 12.9. The number of hydrogen-bond acceptors (Lipinski definition) is 3. The van der Waals surface area contributed by atoms with Crippen LogP contribution < -0.4 is 10.3 Å². The Labute approximate surface area is 169 Å². The molecule has 1 unspecified atom stereocenters. The molecule has 1 aromatic heterocycles. The van der Waals surface area contributed by atoms with Crippen LogP contribution in [0.4, 0.5) is 0 Å². The van der Waals surface area contributed by atoms with Gasteiger partial charge in [0.2, 0.25) is 5.56 Å². The summed E-state index contributed by atoms with van der Waals surface area (Å²) < 4.78 is 18.2. The van der Waals surface area contributed by atoms with Gasteiger partial charge in [-0.25, -0.2) is 0 Å². The maximum atomic E-state index is 12.5. The van der Waals surface area contributed by atoms with Gasteiger partial charge in [-0.3, -0.25) is 4.79 Å². The molecular formula is C23H27NO3S. The van der Waals surface area contributed by atoms with Gasteiger partial charge in [0.15, 0.2) is 4.90 Å². The molecule has 0 amide bonds. The van der Waals surface area contributed by atoms with Crippen LogP contribution in [0.15, 0.2) is 64.3 Å². The lowest BCUT2D eigenvalue weighted by atomic mass is 9.87. The van der Waals surface area contributed by atoms with Crippen LogP contribution in [-0.2, 0) is 16.6 Å².